The van der Waals surface area contributed by atoms with Crippen molar-refractivity contribution in [3.63, 3.8) is 0 Å². The van der Waals surface area contributed by atoms with Gasteiger partial charge in [0.15, 0.2) is 0 Å². The number of aryl methyl sites for hydroxylation is 2. The normalized spacial score (nSPS) is 11.3. The van der Waals surface area contributed by atoms with Crippen LogP contribution >= 0.6 is 15.9 Å². The number of rotatable bonds is 8. The van der Waals surface area contributed by atoms with Gasteiger partial charge in [0.05, 0.1) is 5.52 Å². The van der Waals surface area contributed by atoms with Gasteiger partial charge in [-0.3, -0.25) is 9.36 Å². The van der Waals surface area contributed by atoms with Crippen molar-refractivity contribution in [3.8, 4) is 0 Å². The van der Waals surface area contributed by atoms with Crippen LogP contribution in [0.4, 0.5) is 4.79 Å². The molecule has 4 rings (SSSR count). The van der Waals surface area contributed by atoms with Crippen molar-refractivity contribution >= 4 is 43.6 Å². The summed E-state index contributed by atoms with van der Waals surface area (Å²) in [7, 11) is 0. The highest BCUT2D eigenvalue weighted by Crippen LogP contribution is 2.23. The van der Waals surface area contributed by atoms with E-state index in [-0.39, 0.29) is 18.2 Å². The molecular formula is C25H26BrN3O3. The second-order valence-electron chi connectivity index (χ2n) is 7.88. The molecule has 32 heavy (non-hydrogen) atoms. The first kappa shape index (κ1) is 22.3. The average molecular weight is 496 g/mol. The number of hydrogen-bond acceptors (Lipinski definition) is 3. The molecule has 7 heteroatoms. The number of carbonyl (C=O) groups excluding carboxylic acids is 1. The highest BCUT2D eigenvalue weighted by molar-refractivity contribution is 9.10. The Kier molecular flexibility index (Phi) is 7.07. The fourth-order valence-corrected chi connectivity index (χ4v) is 4.37. The molecule has 0 aliphatic heterocycles. The van der Waals surface area contributed by atoms with Crippen LogP contribution in [0, 0.1) is 0 Å². The number of hydrogen-bond donors (Lipinski definition) is 2. The van der Waals surface area contributed by atoms with Gasteiger partial charge in [-0.25, -0.2) is 4.79 Å². The molecule has 0 saturated heterocycles. The zero-order valence-corrected chi connectivity index (χ0v) is 19.3. The lowest BCUT2D eigenvalue weighted by Crippen LogP contribution is -2.28. The molecule has 4 aromatic rings. The third-order valence-corrected chi connectivity index (χ3v) is 6.13. The first-order valence-corrected chi connectivity index (χ1v) is 11.6. The third kappa shape index (κ3) is 4.95. The van der Waals surface area contributed by atoms with Gasteiger partial charge in [0, 0.05) is 48.0 Å². The summed E-state index contributed by atoms with van der Waals surface area (Å²) in [6.07, 6.45) is 6.49. The summed E-state index contributed by atoms with van der Waals surface area (Å²) in [4.78, 5) is 25.2. The Bertz CT molecular complexity index is 1280. The summed E-state index contributed by atoms with van der Waals surface area (Å²) >= 11 is 3.52. The first-order valence-electron chi connectivity index (χ1n) is 10.8. The molecule has 1 amide bonds. The molecule has 2 aromatic carbocycles. The topological polar surface area (TPSA) is 76.3 Å². The predicted molar refractivity (Wildman–Crippen MR) is 131 cm³/mol. The van der Waals surface area contributed by atoms with Crippen LogP contribution in [0.25, 0.3) is 21.7 Å². The predicted octanol–water partition coefficient (Wildman–Crippen LogP) is 4.68. The van der Waals surface area contributed by atoms with Crippen LogP contribution in [0.3, 0.4) is 0 Å². The Hall–Kier alpha value is -2.90. The number of aliphatic hydroxyl groups excluding tert-OH is 1. The van der Waals surface area contributed by atoms with E-state index in [0.29, 0.717) is 25.9 Å². The molecule has 2 heterocycles. The lowest BCUT2D eigenvalue weighted by Gasteiger charge is -2.14. The van der Waals surface area contributed by atoms with Crippen molar-refractivity contribution in [1.29, 1.82) is 0 Å². The Labute approximate surface area is 194 Å². The minimum Gasteiger partial charge on any atom is -0.396 e. The van der Waals surface area contributed by atoms with Crippen LogP contribution in [-0.2, 0) is 13.0 Å². The van der Waals surface area contributed by atoms with E-state index in [0.717, 1.165) is 44.6 Å². The monoisotopic (exact) mass is 495 g/mol. The van der Waals surface area contributed by atoms with Gasteiger partial charge < -0.3 is 15.0 Å². The van der Waals surface area contributed by atoms with Gasteiger partial charge in [-0.2, -0.15) is 0 Å². The number of fused-ring (bicyclic) bond motifs is 2. The fourth-order valence-electron chi connectivity index (χ4n) is 4.01. The number of benzene rings is 2. The van der Waals surface area contributed by atoms with Crippen LogP contribution in [0.2, 0.25) is 0 Å². The molecule has 0 bridgehead atoms. The summed E-state index contributed by atoms with van der Waals surface area (Å²) < 4.78 is 4.33. The van der Waals surface area contributed by atoms with Crippen LogP contribution < -0.4 is 10.9 Å². The molecule has 2 N–H and O–H groups in total. The number of nitrogens with one attached hydrogen (secondary N) is 1. The molecule has 0 aliphatic carbocycles. The largest absolute Gasteiger partial charge is 0.396 e. The number of nitrogens with zero attached hydrogens (tertiary/aromatic N) is 2. The number of amides is 1. The number of carbonyl (C=O) groups is 1. The second-order valence-corrected chi connectivity index (χ2v) is 8.80. The fraction of sp³-hybridized carbons (Fsp3) is 0.280. The third-order valence-electron chi connectivity index (χ3n) is 5.63. The lowest BCUT2D eigenvalue weighted by molar-refractivity contribution is 0.242. The second kappa shape index (κ2) is 10.1. The van der Waals surface area contributed by atoms with Crippen molar-refractivity contribution in [1.82, 2.24) is 14.5 Å². The highest BCUT2D eigenvalue weighted by Gasteiger charge is 2.10. The Morgan fingerprint density at radius 1 is 1.00 bits per heavy atom. The maximum Gasteiger partial charge on any atom is 0.325 e. The quantitative estimate of drug-likeness (QED) is 0.348. The Morgan fingerprint density at radius 3 is 2.47 bits per heavy atom. The molecule has 166 valence electrons. The molecule has 0 aliphatic rings. The van der Waals surface area contributed by atoms with Crippen molar-refractivity contribution in [3.05, 3.63) is 81.3 Å². The zero-order valence-electron chi connectivity index (χ0n) is 17.8. The van der Waals surface area contributed by atoms with E-state index in [1.165, 1.54) is 0 Å². The lowest BCUT2D eigenvalue weighted by atomic mass is 10.0. The first-order chi connectivity index (χ1) is 15.6. The van der Waals surface area contributed by atoms with E-state index in [4.69, 9.17) is 5.11 Å². The number of aromatic nitrogens is 2. The average Bonchev–Trinajstić information content (AvgIpc) is 3.23. The maximum absolute atomic E-state index is 12.8. The van der Waals surface area contributed by atoms with E-state index < -0.39 is 0 Å². The maximum atomic E-state index is 12.8. The van der Waals surface area contributed by atoms with Crippen LogP contribution in [-0.4, -0.2) is 33.4 Å². The van der Waals surface area contributed by atoms with Gasteiger partial charge in [-0.1, -0.05) is 40.2 Å². The van der Waals surface area contributed by atoms with Crippen molar-refractivity contribution in [2.24, 2.45) is 0 Å². The SMILES string of the molecule is O=C(NCCCCn1c(=O)cc(CCCO)c2cc(Br)ccc21)n1cc2ccccc2c1. The van der Waals surface area contributed by atoms with Crippen molar-refractivity contribution in [2.45, 2.75) is 32.2 Å². The molecule has 0 unspecified atom stereocenters. The van der Waals surface area contributed by atoms with Crippen LogP contribution in [0.1, 0.15) is 24.8 Å². The van der Waals surface area contributed by atoms with E-state index in [1.54, 1.807) is 15.2 Å². The smallest absolute Gasteiger partial charge is 0.325 e. The number of pyridine rings is 1. The van der Waals surface area contributed by atoms with E-state index in [2.05, 4.69) is 21.2 Å². The van der Waals surface area contributed by atoms with Crippen LogP contribution in [0.5, 0.6) is 0 Å². The van der Waals surface area contributed by atoms with E-state index in [9.17, 15) is 9.59 Å². The molecule has 2 aromatic heterocycles. The Morgan fingerprint density at radius 2 is 1.75 bits per heavy atom. The van der Waals surface area contributed by atoms with Gasteiger partial charge in [0.25, 0.3) is 5.56 Å². The zero-order chi connectivity index (χ0) is 22.5. The molecular weight excluding hydrogens is 470 g/mol. The number of halogens is 1. The Balaban J connectivity index is 1.38. The minimum atomic E-state index is -0.151. The molecule has 0 radical (unpaired) electrons. The molecule has 0 atom stereocenters. The molecule has 0 spiro atoms. The summed E-state index contributed by atoms with van der Waals surface area (Å²) in [5, 5.41) is 15.2. The van der Waals surface area contributed by atoms with Gasteiger partial charge in [-0.05, 0) is 60.2 Å². The van der Waals surface area contributed by atoms with Gasteiger partial charge in [-0.15, -0.1) is 0 Å². The summed E-state index contributed by atoms with van der Waals surface area (Å²) in [5.41, 5.74) is 1.83. The van der Waals surface area contributed by atoms with Crippen molar-refractivity contribution in [2.75, 3.05) is 13.2 Å². The molecule has 6 nitrogen and oxygen atoms in total. The van der Waals surface area contributed by atoms with Gasteiger partial charge >= 0.3 is 6.03 Å². The van der Waals surface area contributed by atoms with E-state index >= 15 is 0 Å². The van der Waals surface area contributed by atoms with E-state index in [1.807, 2.05) is 54.9 Å². The summed E-state index contributed by atoms with van der Waals surface area (Å²) in [5.74, 6) is 0. The van der Waals surface area contributed by atoms with Gasteiger partial charge in [0.1, 0.15) is 0 Å². The molecule has 0 fully saturated rings. The van der Waals surface area contributed by atoms with Crippen molar-refractivity contribution < 1.29 is 9.90 Å². The number of aliphatic hydroxyl groups is 1. The summed E-state index contributed by atoms with van der Waals surface area (Å²) in [6, 6.07) is 15.3. The van der Waals surface area contributed by atoms with Crippen LogP contribution in [0.15, 0.2) is 70.2 Å². The van der Waals surface area contributed by atoms with Gasteiger partial charge in [0.2, 0.25) is 0 Å². The standard InChI is InChI=1S/C25H26BrN3O3/c26-21-9-10-23-22(15-21)18(8-5-13-30)14-24(31)29(23)12-4-3-11-27-25(32)28-16-19-6-1-2-7-20(19)17-28/h1-2,6-7,9-10,14-17,30H,3-5,8,11-13H2,(H,27,32). The summed E-state index contributed by atoms with van der Waals surface area (Å²) in [6.45, 7) is 1.23. The number of unbranched alkanes of at least 4 members (excludes halogenated alkanes) is 1. The highest BCUT2D eigenvalue weighted by atomic mass is 79.9. The molecule has 0 saturated carbocycles. The minimum absolute atomic E-state index is 0.0316.